The molecule has 3 heteroatoms. The Balaban J connectivity index is 2.84. The van der Waals surface area contributed by atoms with Gasteiger partial charge in [-0.2, -0.15) is 0 Å². The maximum atomic E-state index is 9.08. The van der Waals surface area contributed by atoms with Crippen LogP contribution in [0, 0.1) is 3.57 Å². The van der Waals surface area contributed by atoms with Gasteiger partial charge in [-0.15, -0.1) is 0 Å². The van der Waals surface area contributed by atoms with E-state index in [-0.39, 0.29) is 6.61 Å². The van der Waals surface area contributed by atoms with E-state index >= 15 is 0 Å². The third-order valence-corrected chi connectivity index (χ3v) is 2.94. The lowest BCUT2D eigenvalue weighted by Gasteiger charge is -2.03. The molecule has 2 rings (SSSR count). The second-order valence-corrected chi connectivity index (χ2v) is 3.95. The number of nitrogens with zero attached hydrogens (tertiary/aromatic N) is 1. The summed E-state index contributed by atoms with van der Waals surface area (Å²) in [5, 5.41) is 11.3. The third-order valence-electron chi connectivity index (χ3n) is 2.00. The Morgan fingerprint density at radius 1 is 1.23 bits per heavy atom. The van der Waals surface area contributed by atoms with Gasteiger partial charge in [0, 0.05) is 26.9 Å². The second-order valence-electron chi connectivity index (χ2n) is 2.79. The molecule has 0 fully saturated rings. The highest BCUT2D eigenvalue weighted by atomic mass is 127. The number of aliphatic hydroxyl groups excluding tert-OH is 1. The molecule has 0 spiro atoms. The largest absolute Gasteiger partial charge is 0.392 e. The number of aromatic nitrogens is 1. The molecule has 66 valence electrons. The van der Waals surface area contributed by atoms with Crippen molar-refractivity contribution in [1.29, 1.82) is 0 Å². The minimum atomic E-state index is 0.0461. The maximum Gasteiger partial charge on any atom is 0.0702 e. The van der Waals surface area contributed by atoms with Gasteiger partial charge in [-0.1, -0.05) is 12.1 Å². The van der Waals surface area contributed by atoms with E-state index in [2.05, 4.69) is 27.6 Å². The fourth-order valence-corrected chi connectivity index (χ4v) is 1.98. The second kappa shape index (κ2) is 3.59. The van der Waals surface area contributed by atoms with Crippen molar-refractivity contribution in [3.05, 3.63) is 39.7 Å². The molecule has 0 saturated heterocycles. The van der Waals surface area contributed by atoms with E-state index < -0.39 is 0 Å². The maximum absolute atomic E-state index is 9.08. The van der Waals surface area contributed by atoms with Gasteiger partial charge in [-0.05, 0) is 34.0 Å². The number of aliphatic hydroxyl groups is 1. The molecule has 0 radical (unpaired) electrons. The zero-order chi connectivity index (χ0) is 9.26. The van der Waals surface area contributed by atoms with Crippen LogP contribution in [0.1, 0.15) is 5.56 Å². The standard InChI is InChI=1S/C10H8INO/c11-10-3-1-2-8-7(6-13)4-12-5-9(8)10/h1-5,13H,6H2. The average Bonchev–Trinajstić information content (AvgIpc) is 2.18. The van der Waals surface area contributed by atoms with Crippen molar-refractivity contribution in [1.82, 2.24) is 4.98 Å². The Labute approximate surface area is 89.8 Å². The lowest BCUT2D eigenvalue weighted by atomic mass is 10.1. The van der Waals surface area contributed by atoms with Gasteiger partial charge in [0.2, 0.25) is 0 Å². The fourth-order valence-electron chi connectivity index (χ4n) is 1.35. The summed E-state index contributed by atoms with van der Waals surface area (Å²) < 4.78 is 1.16. The topological polar surface area (TPSA) is 33.1 Å². The molecule has 0 amide bonds. The zero-order valence-electron chi connectivity index (χ0n) is 6.87. The van der Waals surface area contributed by atoms with Gasteiger partial charge < -0.3 is 5.11 Å². The molecule has 0 atom stereocenters. The molecule has 0 saturated carbocycles. The molecule has 2 nitrogen and oxygen atoms in total. The van der Waals surface area contributed by atoms with Gasteiger partial charge in [0.25, 0.3) is 0 Å². The van der Waals surface area contributed by atoms with Gasteiger partial charge >= 0.3 is 0 Å². The van der Waals surface area contributed by atoms with Crippen LogP contribution in [0.5, 0.6) is 0 Å². The van der Waals surface area contributed by atoms with Crippen LogP contribution in [0.3, 0.4) is 0 Å². The van der Waals surface area contributed by atoms with Crippen molar-refractivity contribution in [2.75, 3.05) is 0 Å². The normalized spacial score (nSPS) is 10.6. The summed E-state index contributed by atoms with van der Waals surface area (Å²) in [5.41, 5.74) is 0.885. The van der Waals surface area contributed by atoms with Gasteiger partial charge in [0.05, 0.1) is 6.61 Å². The number of hydrogen-bond acceptors (Lipinski definition) is 2. The van der Waals surface area contributed by atoms with Crippen LogP contribution in [-0.4, -0.2) is 10.1 Å². The van der Waals surface area contributed by atoms with E-state index in [1.54, 1.807) is 6.20 Å². The minimum Gasteiger partial charge on any atom is -0.392 e. The van der Waals surface area contributed by atoms with Crippen LogP contribution >= 0.6 is 22.6 Å². The van der Waals surface area contributed by atoms with Crippen LogP contribution < -0.4 is 0 Å². The Kier molecular flexibility index (Phi) is 2.46. The first kappa shape index (κ1) is 8.90. The van der Waals surface area contributed by atoms with Crippen LogP contribution in [0.2, 0.25) is 0 Å². The summed E-state index contributed by atoms with van der Waals surface area (Å²) in [4.78, 5) is 4.08. The summed E-state index contributed by atoms with van der Waals surface area (Å²) in [5.74, 6) is 0. The Hall–Kier alpha value is -0.680. The molecule has 1 N–H and O–H groups in total. The fraction of sp³-hybridized carbons (Fsp3) is 0.100. The third kappa shape index (κ3) is 1.53. The first-order chi connectivity index (χ1) is 6.33. The molecule has 0 aliphatic heterocycles. The lowest BCUT2D eigenvalue weighted by Crippen LogP contribution is -1.88. The van der Waals surface area contributed by atoms with E-state index in [9.17, 15) is 0 Å². The highest BCUT2D eigenvalue weighted by molar-refractivity contribution is 14.1. The van der Waals surface area contributed by atoms with Crippen LogP contribution in [-0.2, 0) is 6.61 Å². The number of halogens is 1. The molecule has 1 heterocycles. The van der Waals surface area contributed by atoms with E-state index in [0.29, 0.717) is 0 Å². The van der Waals surface area contributed by atoms with E-state index in [1.165, 1.54) is 0 Å². The van der Waals surface area contributed by atoms with Crippen LogP contribution in [0.15, 0.2) is 30.6 Å². The van der Waals surface area contributed by atoms with Crippen LogP contribution in [0.4, 0.5) is 0 Å². The number of pyridine rings is 1. The van der Waals surface area contributed by atoms with Crippen molar-refractivity contribution in [3.63, 3.8) is 0 Å². The SMILES string of the molecule is OCc1cncc2c(I)cccc12. The first-order valence-electron chi connectivity index (χ1n) is 3.95. The molecule has 1 aromatic heterocycles. The van der Waals surface area contributed by atoms with Crippen molar-refractivity contribution in [3.8, 4) is 0 Å². The molecule has 13 heavy (non-hydrogen) atoms. The van der Waals surface area contributed by atoms with Crippen molar-refractivity contribution >= 4 is 33.4 Å². The van der Waals surface area contributed by atoms with E-state index in [4.69, 9.17) is 5.11 Å². The summed E-state index contributed by atoms with van der Waals surface area (Å²) in [6.45, 7) is 0.0461. The first-order valence-corrected chi connectivity index (χ1v) is 5.03. The Bertz CT molecular complexity index is 442. The Morgan fingerprint density at radius 2 is 2.08 bits per heavy atom. The van der Waals surface area contributed by atoms with Gasteiger partial charge in [-0.3, -0.25) is 4.98 Å². The highest BCUT2D eigenvalue weighted by Crippen LogP contribution is 2.22. The van der Waals surface area contributed by atoms with Crippen LogP contribution in [0.25, 0.3) is 10.8 Å². The molecule has 2 aromatic rings. The molecular formula is C10H8INO. The molecule has 0 unspecified atom stereocenters. The minimum absolute atomic E-state index is 0.0461. The van der Waals surface area contributed by atoms with Crippen molar-refractivity contribution in [2.45, 2.75) is 6.61 Å². The number of benzene rings is 1. The van der Waals surface area contributed by atoms with Crippen molar-refractivity contribution in [2.24, 2.45) is 0 Å². The summed E-state index contributed by atoms with van der Waals surface area (Å²) >= 11 is 2.27. The Morgan fingerprint density at radius 3 is 2.85 bits per heavy atom. The quantitative estimate of drug-likeness (QED) is 0.816. The number of rotatable bonds is 1. The van der Waals surface area contributed by atoms with Crippen molar-refractivity contribution < 1.29 is 5.11 Å². The van der Waals surface area contributed by atoms with Gasteiger partial charge in [-0.25, -0.2) is 0 Å². The predicted molar refractivity (Wildman–Crippen MR) is 60.4 cm³/mol. The number of fused-ring (bicyclic) bond motifs is 1. The summed E-state index contributed by atoms with van der Waals surface area (Å²) in [6.07, 6.45) is 3.54. The van der Waals surface area contributed by atoms with E-state index in [0.717, 1.165) is 19.9 Å². The molecule has 1 aromatic carbocycles. The average molecular weight is 285 g/mol. The monoisotopic (exact) mass is 285 g/mol. The molecule has 0 bridgehead atoms. The molecular weight excluding hydrogens is 277 g/mol. The lowest BCUT2D eigenvalue weighted by molar-refractivity contribution is 0.283. The summed E-state index contributed by atoms with van der Waals surface area (Å²) in [7, 11) is 0. The number of hydrogen-bond donors (Lipinski definition) is 1. The predicted octanol–water partition coefficient (Wildman–Crippen LogP) is 2.33. The molecule has 0 aliphatic carbocycles. The van der Waals surface area contributed by atoms with Gasteiger partial charge in [0.1, 0.15) is 0 Å². The zero-order valence-corrected chi connectivity index (χ0v) is 9.02. The van der Waals surface area contributed by atoms with Gasteiger partial charge in [0.15, 0.2) is 0 Å². The smallest absolute Gasteiger partial charge is 0.0702 e. The molecule has 0 aliphatic rings. The highest BCUT2D eigenvalue weighted by Gasteiger charge is 2.01. The van der Waals surface area contributed by atoms with E-state index in [1.807, 2.05) is 24.4 Å². The summed E-state index contributed by atoms with van der Waals surface area (Å²) in [6, 6.07) is 6.03.